The van der Waals surface area contributed by atoms with Gasteiger partial charge < -0.3 is 15.7 Å². The van der Waals surface area contributed by atoms with Crippen LogP contribution in [0.4, 0.5) is 0 Å². The van der Waals surface area contributed by atoms with E-state index in [4.69, 9.17) is 4.99 Å². The standard InChI is InChI=1S/C18H38N4O.HI/c1-5-18(6-2,11-13-23)15-21-17(19-7-3)20-14-16-10-9-12-22(16)8-4;/h16,23H,5-15H2,1-4H3,(H2,19,20,21);1H. The second kappa shape index (κ2) is 13.2. The molecular formula is C18H39IN4O. The summed E-state index contributed by atoms with van der Waals surface area (Å²) in [5, 5.41) is 16.2. The van der Waals surface area contributed by atoms with Gasteiger partial charge in [0.2, 0.25) is 0 Å². The normalized spacial score (nSPS) is 19.2. The molecule has 24 heavy (non-hydrogen) atoms. The Balaban J connectivity index is 0.00000529. The van der Waals surface area contributed by atoms with E-state index < -0.39 is 0 Å². The topological polar surface area (TPSA) is 59.9 Å². The molecule has 1 saturated heterocycles. The van der Waals surface area contributed by atoms with Crippen LogP contribution in [0.25, 0.3) is 0 Å². The van der Waals surface area contributed by atoms with Crippen LogP contribution in [0.5, 0.6) is 0 Å². The van der Waals surface area contributed by atoms with E-state index >= 15 is 0 Å². The first-order valence-electron chi connectivity index (χ1n) is 9.51. The maximum atomic E-state index is 9.35. The molecule has 0 radical (unpaired) electrons. The summed E-state index contributed by atoms with van der Waals surface area (Å²) in [5.74, 6) is 0.916. The highest BCUT2D eigenvalue weighted by molar-refractivity contribution is 14.0. The van der Waals surface area contributed by atoms with Gasteiger partial charge in [0.05, 0.1) is 0 Å². The summed E-state index contributed by atoms with van der Waals surface area (Å²) in [6.07, 6.45) is 5.52. The number of rotatable bonds is 10. The highest BCUT2D eigenvalue weighted by Gasteiger charge is 2.26. The van der Waals surface area contributed by atoms with E-state index in [1.807, 2.05) is 0 Å². The third-order valence-corrected chi connectivity index (χ3v) is 5.47. The fraction of sp³-hybridized carbons (Fsp3) is 0.944. The van der Waals surface area contributed by atoms with Crippen LogP contribution in [0.1, 0.15) is 59.8 Å². The molecule has 0 aromatic carbocycles. The van der Waals surface area contributed by atoms with Crippen molar-refractivity contribution < 1.29 is 5.11 Å². The van der Waals surface area contributed by atoms with Crippen LogP contribution in [0, 0.1) is 5.41 Å². The predicted molar refractivity (Wildman–Crippen MR) is 114 cm³/mol. The van der Waals surface area contributed by atoms with Gasteiger partial charge >= 0.3 is 0 Å². The van der Waals surface area contributed by atoms with Crippen LogP contribution in [-0.4, -0.2) is 61.3 Å². The Morgan fingerprint density at radius 2 is 1.92 bits per heavy atom. The maximum Gasteiger partial charge on any atom is 0.191 e. The maximum absolute atomic E-state index is 9.35. The lowest BCUT2D eigenvalue weighted by molar-refractivity contribution is 0.175. The zero-order chi connectivity index (χ0) is 17.1. The summed E-state index contributed by atoms with van der Waals surface area (Å²) in [6.45, 7) is 14.0. The Bertz CT molecular complexity index is 348. The molecule has 1 unspecified atom stereocenters. The van der Waals surface area contributed by atoms with Gasteiger partial charge in [-0.25, -0.2) is 0 Å². The summed E-state index contributed by atoms with van der Waals surface area (Å²) in [4.78, 5) is 7.37. The van der Waals surface area contributed by atoms with Crippen molar-refractivity contribution in [1.82, 2.24) is 15.5 Å². The van der Waals surface area contributed by atoms with Gasteiger partial charge in [-0.15, -0.1) is 24.0 Å². The van der Waals surface area contributed by atoms with Gasteiger partial charge in [0, 0.05) is 32.3 Å². The van der Waals surface area contributed by atoms with E-state index in [2.05, 4.69) is 43.2 Å². The largest absolute Gasteiger partial charge is 0.396 e. The second-order valence-corrected chi connectivity index (χ2v) is 6.68. The summed E-state index contributed by atoms with van der Waals surface area (Å²) in [7, 11) is 0. The Labute approximate surface area is 166 Å². The summed E-state index contributed by atoms with van der Waals surface area (Å²) >= 11 is 0. The molecule has 1 rings (SSSR count). The third kappa shape index (κ3) is 7.44. The number of likely N-dealkylation sites (N-methyl/N-ethyl adjacent to an activating group) is 1. The molecule has 0 aromatic rings. The summed E-state index contributed by atoms with van der Waals surface area (Å²) in [5.41, 5.74) is 0.125. The molecule has 6 heteroatoms. The number of aliphatic hydroxyl groups is 1. The third-order valence-electron chi connectivity index (χ3n) is 5.47. The minimum Gasteiger partial charge on any atom is -0.396 e. The number of hydrogen-bond donors (Lipinski definition) is 3. The number of halogens is 1. The molecular weight excluding hydrogens is 415 g/mol. The van der Waals surface area contributed by atoms with Crippen LogP contribution in [-0.2, 0) is 0 Å². The Morgan fingerprint density at radius 1 is 1.21 bits per heavy atom. The van der Waals surface area contributed by atoms with Crippen molar-refractivity contribution in [3.8, 4) is 0 Å². The molecule has 0 bridgehead atoms. The zero-order valence-corrected chi connectivity index (χ0v) is 18.4. The Hall–Kier alpha value is -0.0800. The van der Waals surface area contributed by atoms with Gasteiger partial charge in [-0.2, -0.15) is 0 Å². The Kier molecular flexibility index (Phi) is 13.1. The van der Waals surface area contributed by atoms with Crippen molar-refractivity contribution in [2.75, 3.05) is 39.3 Å². The lowest BCUT2D eigenvalue weighted by Gasteiger charge is -2.30. The van der Waals surface area contributed by atoms with Gasteiger partial charge in [-0.05, 0) is 57.5 Å². The quantitative estimate of drug-likeness (QED) is 0.270. The van der Waals surface area contributed by atoms with Crippen molar-refractivity contribution in [2.24, 2.45) is 10.4 Å². The van der Waals surface area contributed by atoms with Crippen LogP contribution in [0.2, 0.25) is 0 Å². The van der Waals surface area contributed by atoms with E-state index in [0.29, 0.717) is 6.04 Å². The van der Waals surface area contributed by atoms with E-state index in [1.165, 1.54) is 19.4 Å². The monoisotopic (exact) mass is 454 g/mol. The lowest BCUT2D eigenvalue weighted by Crippen LogP contribution is -2.45. The number of aliphatic hydroxyl groups excluding tert-OH is 1. The molecule has 0 amide bonds. The first-order chi connectivity index (χ1) is 11.1. The molecule has 0 aromatic heterocycles. The average Bonchev–Trinajstić information content (AvgIpc) is 3.03. The van der Waals surface area contributed by atoms with Crippen molar-refractivity contribution in [3.05, 3.63) is 0 Å². The molecule has 0 aliphatic carbocycles. The number of likely N-dealkylation sites (tertiary alicyclic amines) is 1. The molecule has 5 nitrogen and oxygen atoms in total. The number of hydrogen-bond acceptors (Lipinski definition) is 3. The number of guanidine groups is 1. The van der Waals surface area contributed by atoms with Gasteiger partial charge in [-0.1, -0.05) is 20.8 Å². The van der Waals surface area contributed by atoms with E-state index in [-0.39, 0.29) is 36.0 Å². The fourth-order valence-corrected chi connectivity index (χ4v) is 3.49. The number of aliphatic imine (C=N–C) groups is 1. The van der Waals surface area contributed by atoms with Gasteiger partial charge in [0.25, 0.3) is 0 Å². The fourth-order valence-electron chi connectivity index (χ4n) is 3.49. The van der Waals surface area contributed by atoms with Crippen LogP contribution in [0.15, 0.2) is 4.99 Å². The molecule has 144 valence electrons. The molecule has 1 heterocycles. The molecule has 0 saturated carbocycles. The molecule has 1 fully saturated rings. The minimum absolute atomic E-state index is 0. The molecule has 0 spiro atoms. The van der Waals surface area contributed by atoms with Crippen molar-refractivity contribution in [1.29, 1.82) is 0 Å². The molecule has 1 aliphatic rings. The van der Waals surface area contributed by atoms with E-state index in [0.717, 1.165) is 51.4 Å². The average molecular weight is 454 g/mol. The highest BCUT2D eigenvalue weighted by atomic mass is 127. The van der Waals surface area contributed by atoms with Crippen molar-refractivity contribution in [2.45, 2.75) is 65.8 Å². The second-order valence-electron chi connectivity index (χ2n) is 6.68. The smallest absolute Gasteiger partial charge is 0.191 e. The van der Waals surface area contributed by atoms with Crippen molar-refractivity contribution >= 4 is 29.9 Å². The zero-order valence-electron chi connectivity index (χ0n) is 16.1. The SMILES string of the molecule is CCNC(=NCC(CC)(CC)CCO)NCC1CCCN1CC.I. The van der Waals surface area contributed by atoms with Gasteiger partial charge in [-0.3, -0.25) is 9.89 Å². The molecule has 3 N–H and O–H groups in total. The lowest BCUT2D eigenvalue weighted by atomic mass is 9.79. The van der Waals surface area contributed by atoms with Crippen LogP contribution < -0.4 is 10.6 Å². The van der Waals surface area contributed by atoms with E-state index in [9.17, 15) is 5.11 Å². The van der Waals surface area contributed by atoms with Gasteiger partial charge in [0.15, 0.2) is 5.96 Å². The molecule has 1 atom stereocenters. The number of nitrogens with zero attached hydrogens (tertiary/aromatic N) is 2. The van der Waals surface area contributed by atoms with Crippen molar-refractivity contribution in [3.63, 3.8) is 0 Å². The predicted octanol–water partition coefficient (Wildman–Crippen LogP) is 2.83. The van der Waals surface area contributed by atoms with Crippen LogP contribution in [0.3, 0.4) is 0 Å². The minimum atomic E-state index is 0. The molecule has 1 aliphatic heterocycles. The van der Waals surface area contributed by atoms with E-state index in [1.54, 1.807) is 0 Å². The summed E-state index contributed by atoms with van der Waals surface area (Å²) < 4.78 is 0. The highest BCUT2D eigenvalue weighted by Crippen LogP contribution is 2.30. The van der Waals surface area contributed by atoms with Gasteiger partial charge in [0.1, 0.15) is 0 Å². The van der Waals surface area contributed by atoms with Crippen LogP contribution >= 0.6 is 24.0 Å². The summed E-state index contributed by atoms with van der Waals surface area (Å²) in [6, 6.07) is 0.628. The number of nitrogens with one attached hydrogen (secondary N) is 2. The Morgan fingerprint density at radius 3 is 2.46 bits per heavy atom. The first kappa shape index (κ1) is 23.9. The first-order valence-corrected chi connectivity index (χ1v) is 9.51.